The Balaban J connectivity index is 1.03. The van der Waals surface area contributed by atoms with Crippen LogP contribution in [0.15, 0.2) is 78.9 Å². The Morgan fingerprint density at radius 3 is 2.31 bits per heavy atom. The maximum absolute atomic E-state index is 12.9. The number of hydrogen-bond acceptors (Lipinski definition) is 5. The van der Waals surface area contributed by atoms with Gasteiger partial charge in [-0.2, -0.15) is 0 Å². The van der Waals surface area contributed by atoms with Crippen molar-refractivity contribution in [3.05, 3.63) is 90.0 Å². The van der Waals surface area contributed by atoms with Gasteiger partial charge in [-0.25, -0.2) is 4.79 Å². The highest BCUT2D eigenvalue weighted by Gasteiger charge is 2.24. The molecule has 0 bridgehead atoms. The second-order valence-electron chi connectivity index (χ2n) is 10.6. The van der Waals surface area contributed by atoms with Gasteiger partial charge in [0.1, 0.15) is 6.10 Å². The van der Waals surface area contributed by atoms with Crippen molar-refractivity contribution >= 4 is 17.7 Å². The Morgan fingerprint density at radius 1 is 0.897 bits per heavy atom. The highest BCUT2D eigenvalue weighted by Crippen LogP contribution is 2.28. The van der Waals surface area contributed by atoms with Crippen LogP contribution in [0.2, 0.25) is 0 Å². The van der Waals surface area contributed by atoms with E-state index in [2.05, 4.69) is 15.5 Å². The van der Waals surface area contributed by atoms with E-state index in [1.54, 1.807) is 4.90 Å². The zero-order valence-corrected chi connectivity index (χ0v) is 22.6. The summed E-state index contributed by atoms with van der Waals surface area (Å²) in [6.07, 6.45) is 3.56. The summed E-state index contributed by atoms with van der Waals surface area (Å²) < 4.78 is 5.75. The highest BCUT2D eigenvalue weighted by atomic mass is 16.6. The average molecular weight is 527 g/mol. The van der Waals surface area contributed by atoms with Crippen LogP contribution in [0.3, 0.4) is 0 Å². The fraction of sp³-hybridized carbons (Fsp3) is 0.375. The first-order valence-corrected chi connectivity index (χ1v) is 14.0. The molecule has 3 aromatic carbocycles. The van der Waals surface area contributed by atoms with Gasteiger partial charge >= 0.3 is 6.09 Å². The third-order valence-electron chi connectivity index (χ3n) is 7.53. The van der Waals surface area contributed by atoms with Crippen molar-refractivity contribution in [3.8, 4) is 11.1 Å². The third-order valence-corrected chi connectivity index (χ3v) is 7.53. The summed E-state index contributed by atoms with van der Waals surface area (Å²) in [4.78, 5) is 29.7. The second kappa shape index (κ2) is 12.9. The van der Waals surface area contributed by atoms with Gasteiger partial charge in [0.05, 0.1) is 5.69 Å². The zero-order chi connectivity index (χ0) is 27.0. The molecule has 7 heteroatoms. The predicted molar refractivity (Wildman–Crippen MR) is 155 cm³/mol. The van der Waals surface area contributed by atoms with Crippen LogP contribution < -0.4 is 10.6 Å². The standard InChI is InChI=1S/C32H38N4O3/c1-35(31(37)26-13-11-24(12-14-26)23-33-27-15-16-27)21-22-36-19-17-28(18-20-36)39-32(38)34-30-10-6-5-9-29(30)25-7-3-2-4-8-25/h2-14,27-28,33H,15-23H2,1H3,(H,34,38). The molecule has 204 valence electrons. The van der Waals surface area contributed by atoms with Crippen LogP contribution in [0.25, 0.3) is 11.1 Å². The number of nitrogens with one attached hydrogen (secondary N) is 2. The van der Waals surface area contributed by atoms with E-state index in [1.165, 1.54) is 18.4 Å². The van der Waals surface area contributed by atoms with Crippen LogP contribution in [-0.4, -0.2) is 67.2 Å². The van der Waals surface area contributed by atoms with E-state index in [0.717, 1.165) is 61.4 Å². The molecule has 39 heavy (non-hydrogen) atoms. The molecular formula is C32H38N4O3. The van der Waals surface area contributed by atoms with E-state index < -0.39 is 6.09 Å². The molecule has 2 amide bonds. The lowest BCUT2D eigenvalue weighted by atomic mass is 10.0. The molecule has 5 rings (SSSR count). The Kier molecular flexibility index (Phi) is 8.91. The molecular weight excluding hydrogens is 488 g/mol. The third kappa shape index (κ3) is 7.68. The van der Waals surface area contributed by atoms with Gasteiger partial charge in [-0.15, -0.1) is 0 Å². The zero-order valence-electron chi connectivity index (χ0n) is 22.6. The van der Waals surface area contributed by atoms with Crippen LogP contribution in [0, 0.1) is 0 Å². The van der Waals surface area contributed by atoms with Crippen LogP contribution >= 0.6 is 0 Å². The Labute approximate surface area is 231 Å². The van der Waals surface area contributed by atoms with Gasteiger partial charge < -0.3 is 19.9 Å². The molecule has 0 aromatic heterocycles. The maximum Gasteiger partial charge on any atom is 0.411 e. The molecule has 3 aromatic rings. The smallest absolute Gasteiger partial charge is 0.411 e. The van der Waals surface area contributed by atoms with Crippen molar-refractivity contribution in [3.63, 3.8) is 0 Å². The number of carbonyl (C=O) groups excluding carboxylic acids is 2. The van der Waals surface area contributed by atoms with Gasteiger partial charge in [0.15, 0.2) is 0 Å². The normalized spacial score (nSPS) is 16.0. The van der Waals surface area contributed by atoms with Crippen molar-refractivity contribution in [1.29, 1.82) is 0 Å². The molecule has 0 radical (unpaired) electrons. The number of rotatable bonds is 10. The Hall–Kier alpha value is -3.68. The lowest BCUT2D eigenvalue weighted by Gasteiger charge is -2.32. The lowest BCUT2D eigenvalue weighted by Crippen LogP contribution is -2.42. The number of nitrogens with zero attached hydrogens (tertiary/aromatic N) is 2. The number of carbonyl (C=O) groups is 2. The number of amides is 2. The van der Waals surface area contributed by atoms with Crippen molar-refractivity contribution in [1.82, 2.24) is 15.1 Å². The van der Waals surface area contributed by atoms with Crippen LogP contribution in [0.1, 0.15) is 41.6 Å². The fourth-order valence-electron chi connectivity index (χ4n) is 4.93. The summed E-state index contributed by atoms with van der Waals surface area (Å²) in [6.45, 7) is 3.99. The topological polar surface area (TPSA) is 73.9 Å². The first kappa shape index (κ1) is 26.9. The van der Waals surface area contributed by atoms with Crippen LogP contribution in [0.5, 0.6) is 0 Å². The minimum Gasteiger partial charge on any atom is -0.446 e. The number of likely N-dealkylation sites (tertiary alicyclic amines) is 1. The molecule has 2 aliphatic rings. The van der Waals surface area contributed by atoms with E-state index in [9.17, 15) is 9.59 Å². The minimum atomic E-state index is -0.420. The molecule has 1 saturated heterocycles. The molecule has 1 aliphatic heterocycles. The summed E-state index contributed by atoms with van der Waals surface area (Å²) in [7, 11) is 1.86. The van der Waals surface area contributed by atoms with E-state index in [0.29, 0.717) is 12.6 Å². The molecule has 0 atom stereocenters. The summed E-state index contributed by atoms with van der Waals surface area (Å²) >= 11 is 0. The van der Waals surface area contributed by atoms with Gasteiger partial charge in [0.2, 0.25) is 0 Å². The molecule has 0 unspecified atom stereocenters. The van der Waals surface area contributed by atoms with Crippen molar-refractivity contribution < 1.29 is 14.3 Å². The van der Waals surface area contributed by atoms with Crippen molar-refractivity contribution in [2.75, 3.05) is 38.5 Å². The molecule has 7 nitrogen and oxygen atoms in total. The lowest BCUT2D eigenvalue weighted by molar-refractivity contribution is 0.0540. The van der Waals surface area contributed by atoms with Crippen molar-refractivity contribution in [2.45, 2.75) is 44.4 Å². The number of ether oxygens (including phenoxy) is 1. The molecule has 2 N–H and O–H groups in total. The number of piperidine rings is 1. The van der Waals surface area contributed by atoms with Gasteiger partial charge in [0.25, 0.3) is 5.91 Å². The number of para-hydroxylation sites is 1. The van der Waals surface area contributed by atoms with Gasteiger partial charge in [-0.05, 0) is 55.0 Å². The summed E-state index contributed by atoms with van der Waals surface area (Å²) in [5, 5.41) is 6.43. The second-order valence-corrected chi connectivity index (χ2v) is 10.6. The minimum absolute atomic E-state index is 0.0439. The maximum atomic E-state index is 12.9. The van der Waals surface area contributed by atoms with E-state index in [-0.39, 0.29) is 12.0 Å². The highest BCUT2D eigenvalue weighted by molar-refractivity contribution is 5.94. The summed E-state index contributed by atoms with van der Waals surface area (Å²) in [5.74, 6) is 0.0439. The number of anilines is 1. The molecule has 1 heterocycles. The van der Waals surface area contributed by atoms with E-state index in [4.69, 9.17) is 4.74 Å². The first-order valence-electron chi connectivity index (χ1n) is 14.0. The quantitative estimate of drug-likeness (QED) is 0.371. The molecule has 2 fully saturated rings. The monoisotopic (exact) mass is 526 g/mol. The predicted octanol–water partition coefficient (Wildman–Crippen LogP) is 5.39. The molecule has 1 aliphatic carbocycles. The average Bonchev–Trinajstić information content (AvgIpc) is 3.81. The molecule has 1 saturated carbocycles. The van der Waals surface area contributed by atoms with Crippen LogP contribution in [0.4, 0.5) is 10.5 Å². The largest absolute Gasteiger partial charge is 0.446 e. The Bertz CT molecular complexity index is 1240. The first-order chi connectivity index (χ1) is 19.0. The van der Waals surface area contributed by atoms with Gasteiger partial charge in [0, 0.05) is 56.9 Å². The fourth-order valence-corrected chi connectivity index (χ4v) is 4.93. The molecule has 0 spiro atoms. The SMILES string of the molecule is CN(CCN1CCC(OC(=O)Nc2ccccc2-c2ccccc2)CC1)C(=O)c1ccc(CNC2CC2)cc1. The van der Waals surface area contributed by atoms with Gasteiger partial charge in [-0.3, -0.25) is 10.1 Å². The van der Waals surface area contributed by atoms with E-state index in [1.807, 2.05) is 85.9 Å². The van der Waals surface area contributed by atoms with Gasteiger partial charge in [-0.1, -0.05) is 60.7 Å². The van der Waals surface area contributed by atoms with Crippen LogP contribution in [-0.2, 0) is 11.3 Å². The number of benzene rings is 3. The summed E-state index contributed by atoms with van der Waals surface area (Å²) in [6, 6.07) is 26.4. The van der Waals surface area contributed by atoms with E-state index >= 15 is 0 Å². The van der Waals surface area contributed by atoms with Crippen molar-refractivity contribution in [2.24, 2.45) is 0 Å². The Morgan fingerprint density at radius 2 is 1.59 bits per heavy atom. The number of hydrogen-bond donors (Lipinski definition) is 2. The number of likely N-dealkylation sites (N-methyl/N-ethyl adjacent to an activating group) is 1. The summed E-state index contributed by atoms with van der Waals surface area (Å²) in [5.41, 5.74) is 4.68.